The van der Waals surface area contributed by atoms with Crippen LogP contribution >= 0.6 is 46.4 Å². The van der Waals surface area contributed by atoms with Gasteiger partial charge in [-0.2, -0.15) is 5.10 Å². The molecule has 1 aromatic rings. The Hall–Kier alpha value is -0.306. The minimum atomic E-state index is -1.68. The van der Waals surface area contributed by atoms with E-state index in [9.17, 15) is 4.79 Å². The number of ketones is 1. The molecule has 26 heavy (non-hydrogen) atoms. The molecule has 1 aliphatic carbocycles. The summed E-state index contributed by atoms with van der Waals surface area (Å²) in [5.74, 6) is -0.240. The van der Waals surface area contributed by atoms with Crippen molar-refractivity contribution in [3.63, 3.8) is 0 Å². The number of halogens is 4. The van der Waals surface area contributed by atoms with Crippen LogP contribution in [0.4, 0.5) is 0 Å². The number of fused-ring (bicyclic) bond motifs is 1. The standard InChI is InChI=1S/C17H20Cl4N2OSi2/c1-25(2)8-5-9-26(3,4)23(25)22-10-6-7-11(24)13-12(10)14(18)16(20)17(21)15(13)19/h6-7H,5,8-9H2,1-4H3. The van der Waals surface area contributed by atoms with Crippen LogP contribution in [0.2, 0.25) is 58.4 Å². The van der Waals surface area contributed by atoms with E-state index < -0.39 is 16.5 Å². The van der Waals surface area contributed by atoms with Crippen LogP contribution in [-0.2, 0) is 0 Å². The van der Waals surface area contributed by atoms with Crippen molar-refractivity contribution in [1.82, 2.24) is 4.34 Å². The number of carbonyl (C=O) groups is 1. The average Bonchev–Trinajstić information content (AvgIpc) is 2.54. The number of hydrogen-bond acceptors (Lipinski definition) is 3. The molecule has 1 fully saturated rings. The summed E-state index contributed by atoms with van der Waals surface area (Å²) >= 11 is 25.2. The van der Waals surface area contributed by atoms with E-state index in [0.717, 1.165) is 0 Å². The molecule has 3 rings (SSSR count). The van der Waals surface area contributed by atoms with E-state index in [2.05, 4.69) is 30.5 Å². The van der Waals surface area contributed by atoms with Crippen LogP contribution in [0.25, 0.3) is 0 Å². The van der Waals surface area contributed by atoms with E-state index in [1.807, 2.05) is 0 Å². The second kappa shape index (κ2) is 6.94. The molecule has 9 heteroatoms. The SMILES string of the molecule is C[Si]1(C)CCC[Si](C)(C)N1N=C1C=CC(=O)c2c(Cl)c(Cl)c(Cl)c(Cl)c21. The Morgan fingerprint density at radius 2 is 1.35 bits per heavy atom. The summed E-state index contributed by atoms with van der Waals surface area (Å²) in [6.07, 6.45) is 4.44. The van der Waals surface area contributed by atoms with Gasteiger partial charge in [0, 0.05) is 5.56 Å². The predicted molar refractivity (Wildman–Crippen MR) is 118 cm³/mol. The highest BCUT2D eigenvalue weighted by Gasteiger charge is 2.44. The van der Waals surface area contributed by atoms with Gasteiger partial charge in [-0.25, -0.2) is 0 Å². The van der Waals surface area contributed by atoms with Gasteiger partial charge in [-0.1, -0.05) is 79.0 Å². The summed E-state index contributed by atoms with van der Waals surface area (Å²) in [5, 5.41) is 5.65. The zero-order valence-electron chi connectivity index (χ0n) is 15.1. The second-order valence-corrected chi connectivity index (χ2v) is 19.0. The Labute approximate surface area is 176 Å². The van der Waals surface area contributed by atoms with Gasteiger partial charge in [-0.3, -0.25) is 4.79 Å². The molecule has 3 nitrogen and oxygen atoms in total. The average molecular weight is 466 g/mol. The van der Waals surface area contributed by atoms with Gasteiger partial charge >= 0.3 is 0 Å². The highest BCUT2D eigenvalue weighted by molar-refractivity contribution is 6.91. The van der Waals surface area contributed by atoms with Gasteiger partial charge in [0.1, 0.15) is 0 Å². The molecule has 2 aliphatic rings. The van der Waals surface area contributed by atoms with Crippen LogP contribution in [0.1, 0.15) is 22.3 Å². The molecule has 0 aromatic heterocycles. The Bertz CT molecular complexity index is 849. The van der Waals surface area contributed by atoms with E-state index in [4.69, 9.17) is 51.5 Å². The van der Waals surface area contributed by atoms with Gasteiger partial charge in [-0.05, 0) is 24.2 Å². The quantitative estimate of drug-likeness (QED) is 0.257. The molecule has 0 unspecified atom stereocenters. The first-order valence-corrected chi connectivity index (χ1v) is 16.3. The highest BCUT2D eigenvalue weighted by Crippen LogP contribution is 2.44. The van der Waals surface area contributed by atoms with Crippen molar-refractivity contribution in [2.24, 2.45) is 5.10 Å². The Balaban J connectivity index is 2.24. The first-order chi connectivity index (χ1) is 12.0. The monoisotopic (exact) mass is 464 g/mol. The van der Waals surface area contributed by atoms with Crippen LogP contribution < -0.4 is 0 Å². The van der Waals surface area contributed by atoms with Crippen molar-refractivity contribution in [2.45, 2.75) is 44.7 Å². The molecule has 1 aromatic carbocycles. The molecular formula is C17H20Cl4N2OSi2. The number of nitrogens with zero attached hydrogens (tertiary/aromatic N) is 2. The number of allylic oxidation sites excluding steroid dienone is 2. The lowest BCUT2D eigenvalue weighted by Gasteiger charge is -2.49. The molecule has 0 bridgehead atoms. The molecule has 0 N–H and O–H groups in total. The van der Waals surface area contributed by atoms with E-state index in [-0.39, 0.29) is 31.4 Å². The predicted octanol–water partition coefficient (Wildman–Crippen LogP) is 6.87. The lowest BCUT2D eigenvalue weighted by atomic mass is 9.94. The maximum atomic E-state index is 12.4. The highest BCUT2D eigenvalue weighted by atomic mass is 35.5. The number of rotatable bonds is 1. The fourth-order valence-electron chi connectivity index (χ4n) is 3.87. The van der Waals surface area contributed by atoms with Crippen molar-refractivity contribution < 1.29 is 4.79 Å². The zero-order valence-corrected chi connectivity index (χ0v) is 20.1. The van der Waals surface area contributed by atoms with E-state index >= 15 is 0 Å². The summed E-state index contributed by atoms with van der Waals surface area (Å²) < 4.78 is 2.38. The molecule has 0 spiro atoms. The summed E-state index contributed by atoms with van der Waals surface area (Å²) in [7, 11) is -3.36. The Morgan fingerprint density at radius 3 is 1.88 bits per heavy atom. The first-order valence-electron chi connectivity index (χ1n) is 8.45. The lowest BCUT2D eigenvalue weighted by molar-refractivity contribution is 0.104. The van der Waals surface area contributed by atoms with E-state index in [1.165, 1.54) is 24.6 Å². The largest absolute Gasteiger partial charge is 0.349 e. The van der Waals surface area contributed by atoms with Crippen molar-refractivity contribution in [3.05, 3.63) is 43.4 Å². The van der Waals surface area contributed by atoms with Crippen molar-refractivity contribution in [2.75, 3.05) is 0 Å². The lowest BCUT2D eigenvalue weighted by Crippen LogP contribution is -2.62. The number of hydrazone groups is 1. The fourth-order valence-corrected chi connectivity index (χ4v) is 15.8. The van der Waals surface area contributed by atoms with Crippen LogP contribution in [0.5, 0.6) is 0 Å². The van der Waals surface area contributed by atoms with Crippen molar-refractivity contribution in [1.29, 1.82) is 0 Å². The number of benzene rings is 1. The van der Waals surface area contributed by atoms with Gasteiger partial charge in [0.25, 0.3) is 0 Å². The van der Waals surface area contributed by atoms with E-state index in [1.54, 1.807) is 6.08 Å². The molecule has 1 aliphatic heterocycles. The third-order valence-corrected chi connectivity index (χ3v) is 16.2. The molecule has 0 radical (unpaired) electrons. The maximum Gasteiger partial charge on any atom is 0.188 e. The molecule has 140 valence electrons. The Kier molecular flexibility index (Phi) is 5.45. The van der Waals surface area contributed by atoms with Gasteiger partial charge < -0.3 is 4.34 Å². The van der Waals surface area contributed by atoms with Gasteiger partial charge in [0.2, 0.25) is 0 Å². The minimum Gasteiger partial charge on any atom is -0.349 e. The summed E-state index contributed by atoms with van der Waals surface area (Å²) in [4.78, 5) is 12.4. The van der Waals surface area contributed by atoms with Gasteiger partial charge in [0.05, 0.1) is 31.4 Å². The first kappa shape index (κ1) is 20.4. The van der Waals surface area contributed by atoms with Crippen LogP contribution in [0.15, 0.2) is 17.3 Å². The van der Waals surface area contributed by atoms with Crippen LogP contribution in [-0.4, -0.2) is 32.3 Å². The molecule has 1 heterocycles. The van der Waals surface area contributed by atoms with Gasteiger partial charge in [-0.15, -0.1) is 0 Å². The fraction of sp³-hybridized carbons (Fsp3) is 0.412. The Morgan fingerprint density at radius 1 is 0.846 bits per heavy atom. The normalized spacial score (nSPS) is 22.7. The third-order valence-electron chi connectivity index (χ3n) is 5.09. The van der Waals surface area contributed by atoms with Crippen LogP contribution in [0.3, 0.4) is 0 Å². The molecular weight excluding hydrogens is 446 g/mol. The smallest absolute Gasteiger partial charge is 0.188 e. The number of carbonyl (C=O) groups excluding carboxylic acids is 1. The second-order valence-electron chi connectivity index (χ2n) is 7.98. The van der Waals surface area contributed by atoms with E-state index in [0.29, 0.717) is 11.3 Å². The van der Waals surface area contributed by atoms with Crippen LogP contribution in [0, 0.1) is 0 Å². The zero-order chi connectivity index (χ0) is 19.4. The molecule has 0 saturated carbocycles. The third kappa shape index (κ3) is 3.31. The number of hydrogen-bond donors (Lipinski definition) is 0. The minimum absolute atomic E-state index is 0.0995. The topological polar surface area (TPSA) is 32.7 Å². The molecule has 0 amide bonds. The van der Waals surface area contributed by atoms with Gasteiger partial charge in [0.15, 0.2) is 22.3 Å². The van der Waals surface area contributed by atoms with Crippen molar-refractivity contribution >= 4 is 74.4 Å². The summed E-state index contributed by atoms with van der Waals surface area (Å²) in [5.41, 5.74) is 1.40. The molecule has 0 atom stereocenters. The summed E-state index contributed by atoms with van der Waals surface area (Å²) in [6.45, 7) is 9.36. The molecule has 1 saturated heterocycles. The summed E-state index contributed by atoms with van der Waals surface area (Å²) in [6, 6.07) is 2.40. The maximum absolute atomic E-state index is 12.4. The van der Waals surface area contributed by atoms with Crippen molar-refractivity contribution in [3.8, 4) is 0 Å².